The lowest BCUT2D eigenvalue weighted by Gasteiger charge is -2.06. The molecule has 0 N–H and O–H groups in total. The van der Waals surface area contributed by atoms with Gasteiger partial charge in [0.05, 0.1) is 15.7 Å². The van der Waals surface area contributed by atoms with E-state index in [-0.39, 0.29) is 0 Å². The van der Waals surface area contributed by atoms with Crippen LogP contribution in [0.1, 0.15) is 15.2 Å². The Morgan fingerprint density at radius 2 is 1.64 bits per heavy atom. The molecule has 28 heavy (non-hydrogen) atoms. The van der Waals surface area contributed by atoms with E-state index in [0.717, 1.165) is 10.1 Å². The summed E-state index contributed by atoms with van der Waals surface area (Å²) < 4.78 is 6.56. The summed E-state index contributed by atoms with van der Waals surface area (Å²) in [5.74, 6) is -0.0957. The fourth-order valence-corrected chi connectivity index (χ4v) is 4.24. The summed E-state index contributed by atoms with van der Waals surface area (Å²) in [5, 5.41) is 1.80. The van der Waals surface area contributed by atoms with Gasteiger partial charge in [0.25, 0.3) is 0 Å². The summed E-state index contributed by atoms with van der Waals surface area (Å²) in [7, 11) is 0. The number of halogens is 2. The number of fused-ring (bicyclic) bond motifs is 1. The molecule has 0 aliphatic rings. The number of carbonyl (C=O) groups excluding carboxylic acids is 1. The number of nitrogens with zero attached hydrogens (tertiary/aromatic N) is 1. The predicted octanol–water partition coefficient (Wildman–Crippen LogP) is 7.18. The molecule has 6 heteroatoms. The Morgan fingerprint density at radius 1 is 0.929 bits per heavy atom. The molecule has 1 heterocycles. The van der Waals surface area contributed by atoms with Crippen LogP contribution in [0.2, 0.25) is 10.0 Å². The fraction of sp³-hybridized carbons (Fsp3) is 0. The van der Waals surface area contributed by atoms with Crippen molar-refractivity contribution in [1.82, 2.24) is 0 Å². The smallest absolute Gasteiger partial charge is 0.355 e. The summed E-state index contributed by atoms with van der Waals surface area (Å²) in [5.41, 5.74) is 1.30. The van der Waals surface area contributed by atoms with E-state index in [1.165, 1.54) is 11.3 Å². The molecule has 0 unspecified atom stereocenters. The van der Waals surface area contributed by atoms with Crippen molar-refractivity contribution in [1.29, 1.82) is 0 Å². The van der Waals surface area contributed by atoms with E-state index in [9.17, 15) is 4.79 Å². The number of esters is 1. The first-order valence-corrected chi connectivity index (χ1v) is 9.97. The van der Waals surface area contributed by atoms with Crippen LogP contribution in [-0.2, 0) is 0 Å². The maximum Gasteiger partial charge on any atom is 0.355 e. The second-order valence-corrected chi connectivity index (χ2v) is 7.72. The molecule has 0 saturated carbocycles. The quantitative estimate of drug-likeness (QED) is 0.197. The van der Waals surface area contributed by atoms with Crippen molar-refractivity contribution in [3.8, 4) is 5.75 Å². The van der Waals surface area contributed by atoms with Crippen molar-refractivity contribution in [3.63, 3.8) is 0 Å². The van der Waals surface area contributed by atoms with E-state index in [2.05, 4.69) is 4.99 Å². The largest absolute Gasteiger partial charge is 0.422 e. The van der Waals surface area contributed by atoms with E-state index >= 15 is 0 Å². The van der Waals surface area contributed by atoms with Gasteiger partial charge in [-0.3, -0.25) is 4.99 Å². The van der Waals surface area contributed by atoms with Crippen LogP contribution in [-0.4, -0.2) is 12.2 Å². The number of carbonyl (C=O) groups is 1. The molecular weight excluding hydrogens is 413 g/mol. The van der Waals surface area contributed by atoms with E-state index in [1.807, 2.05) is 54.6 Å². The molecule has 4 rings (SSSR count). The minimum Gasteiger partial charge on any atom is -0.422 e. The minimum absolute atomic E-state index is 0.376. The number of aliphatic imine (C=N–C) groups is 1. The van der Waals surface area contributed by atoms with Crippen LogP contribution in [0.4, 0.5) is 5.69 Å². The normalized spacial score (nSPS) is 11.2. The Kier molecular flexibility index (Phi) is 5.44. The van der Waals surface area contributed by atoms with Crippen LogP contribution < -0.4 is 4.74 Å². The zero-order chi connectivity index (χ0) is 19.5. The van der Waals surface area contributed by atoms with E-state index < -0.39 is 5.97 Å². The Bertz CT molecular complexity index is 1200. The number of ether oxygens (including phenoxy) is 1. The summed E-state index contributed by atoms with van der Waals surface area (Å²) in [6.07, 6.45) is 1.62. The highest BCUT2D eigenvalue weighted by molar-refractivity contribution is 7.21. The van der Waals surface area contributed by atoms with Crippen molar-refractivity contribution >= 4 is 62.5 Å². The summed E-state index contributed by atoms with van der Waals surface area (Å²) in [6, 6.07) is 22.0. The van der Waals surface area contributed by atoms with Crippen molar-refractivity contribution in [3.05, 3.63) is 93.3 Å². The van der Waals surface area contributed by atoms with Gasteiger partial charge in [0.1, 0.15) is 10.6 Å². The van der Waals surface area contributed by atoms with Gasteiger partial charge in [-0.05, 0) is 30.3 Å². The SMILES string of the molecule is O=C(Oc1ccccc1C=Nc1ccccc1Cl)c1sc2ccccc2c1Cl. The van der Waals surface area contributed by atoms with Gasteiger partial charge in [-0.1, -0.05) is 65.7 Å². The Hall–Kier alpha value is -2.66. The summed E-state index contributed by atoms with van der Waals surface area (Å²) in [6.45, 7) is 0. The fourth-order valence-electron chi connectivity index (χ4n) is 2.67. The molecule has 0 atom stereocenters. The van der Waals surface area contributed by atoms with E-state index in [4.69, 9.17) is 27.9 Å². The molecule has 138 valence electrons. The second kappa shape index (κ2) is 8.15. The maximum atomic E-state index is 12.7. The summed E-state index contributed by atoms with van der Waals surface area (Å²) in [4.78, 5) is 17.5. The molecule has 0 saturated heterocycles. The molecule has 3 aromatic carbocycles. The number of para-hydroxylation sites is 2. The summed E-state index contributed by atoms with van der Waals surface area (Å²) >= 11 is 13.8. The molecule has 1 aromatic heterocycles. The van der Waals surface area contributed by atoms with Gasteiger partial charge >= 0.3 is 5.97 Å². The lowest BCUT2D eigenvalue weighted by molar-refractivity contribution is 0.0740. The van der Waals surface area contributed by atoms with Gasteiger partial charge in [-0.15, -0.1) is 11.3 Å². The van der Waals surface area contributed by atoms with Gasteiger partial charge in [0.2, 0.25) is 0 Å². The van der Waals surface area contributed by atoms with Crippen molar-refractivity contribution in [2.24, 2.45) is 4.99 Å². The zero-order valence-corrected chi connectivity index (χ0v) is 16.8. The van der Waals surface area contributed by atoms with Gasteiger partial charge in [0, 0.05) is 21.9 Å². The molecular formula is C22H13Cl2NO2S. The molecule has 4 aromatic rings. The van der Waals surface area contributed by atoms with Crippen LogP contribution in [0.15, 0.2) is 77.8 Å². The molecule has 0 radical (unpaired) electrons. The molecule has 0 aliphatic carbocycles. The van der Waals surface area contributed by atoms with Gasteiger partial charge in [0.15, 0.2) is 0 Å². The van der Waals surface area contributed by atoms with Gasteiger partial charge in [-0.2, -0.15) is 0 Å². The first-order chi connectivity index (χ1) is 13.6. The Labute approximate surface area is 175 Å². The average molecular weight is 426 g/mol. The lowest BCUT2D eigenvalue weighted by atomic mass is 10.2. The van der Waals surface area contributed by atoms with Crippen LogP contribution in [0.5, 0.6) is 5.75 Å². The third kappa shape index (κ3) is 3.80. The molecule has 0 fully saturated rings. The highest BCUT2D eigenvalue weighted by Gasteiger charge is 2.19. The monoisotopic (exact) mass is 425 g/mol. The maximum absolute atomic E-state index is 12.7. The van der Waals surface area contributed by atoms with E-state index in [1.54, 1.807) is 24.4 Å². The highest BCUT2D eigenvalue weighted by atomic mass is 35.5. The molecule has 0 amide bonds. The van der Waals surface area contributed by atoms with Crippen LogP contribution in [0.3, 0.4) is 0 Å². The first-order valence-electron chi connectivity index (χ1n) is 8.40. The number of hydrogen-bond acceptors (Lipinski definition) is 4. The number of benzene rings is 3. The topological polar surface area (TPSA) is 38.7 Å². The van der Waals surface area contributed by atoms with Gasteiger partial charge in [-0.25, -0.2) is 4.79 Å². The molecule has 0 bridgehead atoms. The number of hydrogen-bond donors (Lipinski definition) is 0. The predicted molar refractivity (Wildman–Crippen MR) is 117 cm³/mol. The Morgan fingerprint density at radius 3 is 2.46 bits per heavy atom. The van der Waals surface area contributed by atoms with Crippen molar-refractivity contribution < 1.29 is 9.53 Å². The van der Waals surface area contributed by atoms with Crippen LogP contribution in [0.25, 0.3) is 10.1 Å². The highest BCUT2D eigenvalue weighted by Crippen LogP contribution is 2.36. The van der Waals surface area contributed by atoms with Crippen molar-refractivity contribution in [2.45, 2.75) is 0 Å². The molecule has 0 spiro atoms. The third-order valence-corrected chi connectivity index (χ3v) is 6.01. The van der Waals surface area contributed by atoms with Crippen LogP contribution >= 0.6 is 34.5 Å². The standard InChI is InChI=1S/C22H13Cl2NO2S/c23-16-9-3-4-10-17(16)25-13-14-7-1-5-11-18(14)27-22(26)21-20(24)15-8-2-6-12-19(15)28-21/h1-13H. The Balaban J connectivity index is 1.62. The van der Waals surface area contributed by atoms with E-state index in [0.29, 0.717) is 31.9 Å². The number of rotatable bonds is 4. The zero-order valence-electron chi connectivity index (χ0n) is 14.4. The molecule has 0 aliphatic heterocycles. The molecule has 3 nitrogen and oxygen atoms in total. The van der Waals surface area contributed by atoms with Gasteiger partial charge < -0.3 is 4.74 Å². The first kappa shape index (κ1) is 18.7. The average Bonchev–Trinajstić information content (AvgIpc) is 3.05. The van der Waals surface area contributed by atoms with Crippen molar-refractivity contribution in [2.75, 3.05) is 0 Å². The van der Waals surface area contributed by atoms with Crippen LogP contribution in [0, 0.1) is 0 Å². The number of thiophene rings is 1. The third-order valence-electron chi connectivity index (χ3n) is 4.04. The second-order valence-electron chi connectivity index (χ2n) is 5.88. The minimum atomic E-state index is -0.496. The lowest BCUT2D eigenvalue weighted by Crippen LogP contribution is -2.08.